The molecule has 0 aromatic rings. The van der Waals surface area contributed by atoms with Gasteiger partial charge in [0.2, 0.25) is 0 Å². The van der Waals surface area contributed by atoms with Gasteiger partial charge in [-0.1, -0.05) is 20.8 Å². The highest BCUT2D eigenvalue weighted by Gasteiger charge is 2.37. The van der Waals surface area contributed by atoms with Gasteiger partial charge in [-0.3, -0.25) is 0 Å². The van der Waals surface area contributed by atoms with E-state index in [1.807, 2.05) is 0 Å². The van der Waals surface area contributed by atoms with Crippen molar-refractivity contribution in [1.29, 1.82) is 0 Å². The molecule has 20 heavy (non-hydrogen) atoms. The Morgan fingerprint density at radius 3 is 2.55 bits per heavy atom. The molecule has 2 rings (SSSR count). The number of hydrogen-bond acceptors (Lipinski definition) is 3. The van der Waals surface area contributed by atoms with Crippen molar-refractivity contribution in [2.24, 2.45) is 17.3 Å². The average molecular weight is 284 g/mol. The van der Waals surface area contributed by atoms with Gasteiger partial charge in [0.15, 0.2) is 0 Å². The van der Waals surface area contributed by atoms with Gasteiger partial charge in [-0.25, -0.2) is 4.79 Å². The highest BCUT2D eigenvalue weighted by Crippen LogP contribution is 2.34. The maximum absolute atomic E-state index is 11.8. The van der Waals surface area contributed by atoms with Gasteiger partial charge in [0.25, 0.3) is 0 Å². The third kappa shape index (κ3) is 4.35. The lowest BCUT2D eigenvalue weighted by molar-refractivity contribution is 0.00774. The van der Waals surface area contributed by atoms with Crippen molar-refractivity contribution < 1.29 is 14.3 Å². The molecule has 2 heterocycles. The molecule has 3 atom stereocenters. The van der Waals surface area contributed by atoms with Gasteiger partial charge in [0.05, 0.1) is 12.7 Å². The number of carbonyl (C=O) groups is 1. The van der Waals surface area contributed by atoms with Gasteiger partial charge < -0.3 is 20.1 Å². The molecule has 0 radical (unpaired) electrons. The fraction of sp³-hybridized carbons (Fsp3) is 0.933. The molecule has 0 unspecified atom stereocenters. The van der Waals surface area contributed by atoms with E-state index in [0.717, 1.165) is 32.7 Å². The molecule has 2 aliphatic rings. The lowest BCUT2D eigenvalue weighted by Crippen LogP contribution is -2.43. The summed E-state index contributed by atoms with van der Waals surface area (Å²) in [7, 11) is 0. The van der Waals surface area contributed by atoms with E-state index in [1.165, 1.54) is 0 Å². The predicted octanol–water partition coefficient (Wildman–Crippen LogP) is 1.77. The summed E-state index contributed by atoms with van der Waals surface area (Å²) in [5, 5.41) is 5.91. The Morgan fingerprint density at radius 2 is 1.90 bits per heavy atom. The summed E-state index contributed by atoms with van der Waals surface area (Å²) in [6.45, 7) is 10.4. The van der Waals surface area contributed by atoms with Gasteiger partial charge in [0, 0.05) is 38.1 Å². The maximum atomic E-state index is 11.8. The van der Waals surface area contributed by atoms with Crippen LogP contribution >= 0.6 is 0 Å². The Kier molecular flexibility index (Phi) is 5.27. The molecule has 0 aliphatic carbocycles. The van der Waals surface area contributed by atoms with E-state index in [2.05, 4.69) is 31.4 Å². The zero-order chi connectivity index (χ0) is 14.6. The summed E-state index contributed by atoms with van der Waals surface area (Å²) >= 11 is 0. The third-order valence-electron chi connectivity index (χ3n) is 4.17. The number of carbonyl (C=O) groups excluding carboxylic acids is 1. The molecule has 5 nitrogen and oxygen atoms in total. The zero-order valence-corrected chi connectivity index (χ0v) is 12.9. The van der Waals surface area contributed by atoms with E-state index in [1.54, 1.807) is 0 Å². The number of amides is 2. The first kappa shape index (κ1) is 15.6. The van der Waals surface area contributed by atoms with Crippen molar-refractivity contribution >= 4 is 6.03 Å². The van der Waals surface area contributed by atoms with E-state index in [4.69, 9.17) is 9.47 Å². The fourth-order valence-electron chi connectivity index (χ4n) is 3.07. The number of hydrogen-bond donors (Lipinski definition) is 2. The normalized spacial score (nSPS) is 30.4. The van der Waals surface area contributed by atoms with Crippen LogP contribution in [-0.4, -0.2) is 45.0 Å². The van der Waals surface area contributed by atoms with Crippen molar-refractivity contribution in [1.82, 2.24) is 10.6 Å². The van der Waals surface area contributed by atoms with E-state index in [0.29, 0.717) is 24.9 Å². The number of nitrogens with one attached hydrogen (secondary N) is 2. The van der Waals surface area contributed by atoms with Gasteiger partial charge in [-0.05, 0) is 18.3 Å². The second kappa shape index (κ2) is 6.76. The lowest BCUT2D eigenvalue weighted by Gasteiger charge is -2.31. The van der Waals surface area contributed by atoms with Crippen LogP contribution in [0.3, 0.4) is 0 Å². The van der Waals surface area contributed by atoms with Gasteiger partial charge >= 0.3 is 6.03 Å². The molecule has 116 valence electrons. The van der Waals surface area contributed by atoms with Crippen LogP contribution in [0.25, 0.3) is 0 Å². The topological polar surface area (TPSA) is 59.6 Å². The van der Waals surface area contributed by atoms with E-state index in [9.17, 15) is 4.79 Å². The van der Waals surface area contributed by atoms with Crippen LogP contribution in [0.1, 0.15) is 33.6 Å². The summed E-state index contributed by atoms with van der Waals surface area (Å²) in [4.78, 5) is 11.8. The first-order valence-electron chi connectivity index (χ1n) is 7.68. The predicted molar refractivity (Wildman–Crippen MR) is 77.6 cm³/mol. The van der Waals surface area contributed by atoms with Gasteiger partial charge in [0.1, 0.15) is 0 Å². The van der Waals surface area contributed by atoms with E-state index in [-0.39, 0.29) is 17.6 Å². The molecule has 2 fully saturated rings. The molecule has 2 amide bonds. The van der Waals surface area contributed by atoms with Crippen molar-refractivity contribution in [3.05, 3.63) is 0 Å². The lowest BCUT2D eigenvalue weighted by atomic mass is 9.81. The zero-order valence-electron chi connectivity index (χ0n) is 12.9. The van der Waals surface area contributed by atoms with Crippen LogP contribution in [0, 0.1) is 17.3 Å². The molecule has 0 bridgehead atoms. The van der Waals surface area contributed by atoms with Crippen LogP contribution in [0.2, 0.25) is 0 Å². The number of ether oxygens (including phenoxy) is 2. The van der Waals surface area contributed by atoms with Crippen LogP contribution in [-0.2, 0) is 9.47 Å². The van der Waals surface area contributed by atoms with Crippen molar-refractivity contribution in [2.75, 3.05) is 32.9 Å². The highest BCUT2D eigenvalue weighted by molar-refractivity contribution is 5.73. The average Bonchev–Trinajstić information content (AvgIpc) is 3.03. The molecule has 0 saturated carbocycles. The Balaban J connectivity index is 1.67. The minimum absolute atomic E-state index is 0.0727. The van der Waals surface area contributed by atoms with Crippen molar-refractivity contribution in [3.8, 4) is 0 Å². The van der Waals surface area contributed by atoms with Gasteiger partial charge in [-0.15, -0.1) is 0 Å². The smallest absolute Gasteiger partial charge is 0.314 e. The van der Waals surface area contributed by atoms with E-state index >= 15 is 0 Å². The Bertz CT molecular complexity index is 322. The standard InChI is InChI=1S/C15H28N2O3/c1-15(2,3)13-12(5-7-20-13)9-17-14(18)16-8-11-4-6-19-10-11/h11-13H,4-10H2,1-3H3,(H2,16,17,18)/t11-,12+,13-/m0/s1. The molecule has 2 aliphatic heterocycles. The van der Waals surface area contributed by atoms with Crippen molar-refractivity contribution in [3.63, 3.8) is 0 Å². The Morgan fingerprint density at radius 1 is 1.15 bits per heavy atom. The van der Waals surface area contributed by atoms with Crippen LogP contribution < -0.4 is 10.6 Å². The minimum atomic E-state index is -0.0727. The SMILES string of the molecule is CC(C)(C)[C@H]1OCC[C@@H]1CNC(=O)NC[C@@H]1CCOC1. The molecule has 0 spiro atoms. The quantitative estimate of drug-likeness (QED) is 0.827. The third-order valence-corrected chi connectivity index (χ3v) is 4.17. The molecular formula is C15H28N2O3. The van der Waals surface area contributed by atoms with Crippen LogP contribution in [0.4, 0.5) is 4.79 Å². The minimum Gasteiger partial charge on any atom is -0.381 e. The highest BCUT2D eigenvalue weighted by atomic mass is 16.5. The second-order valence-corrected chi connectivity index (χ2v) is 7.03. The first-order chi connectivity index (χ1) is 9.47. The molecule has 0 aromatic carbocycles. The summed E-state index contributed by atoms with van der Waals surface area (Å²) in [5.74, 6) is 0.883. The molecule has 2 saturated heterocycles. The Hall–Kier alpha value is -0.810. The van der Waals surface area contributed by atoms with E-state index < -0.39 is 0 Å². The fourth-order valence-corrected chi connectivity index (χ4v) is 3.07. The molecular weight excluding hydrogens is 256 g/mol. The summed E-state index contributed by atoms with van der Waals surface area (Å²) in [6.07, 6.45) is 2.30. The van der Waals surface area contributed by atoms with Gasteiger partial charge in [-0.2, -0.15) is 0 Å². The summed E-state index contributed by atoms with van der Waals surface area (Å²) < 4.78 is 11.1. The maximum Gasteiger partial charge on any atom is 0.314 e. The van der Waals surface area contributed by atoms with Crippen molar-refractivity contribution in [2.45, 2.75) is 39.7 Å². The largest absolute Gasteiger partial charge is 0.381 e. The van der Waals surface area contributed by atoms with Crippen LogP contribution in [0.5, 0.6) is 0 Å². The summed E-state index contributed by atoms with van der Waals surface area (Å²) in [5.41, 5.74) is 0.126. The first-order valence-corrected chi connectivity index (χ1v) is 7.68. The molecule has 5 heteroatoms. The summed E-state index contributed by atoms with van der Waals surface area (Å²) in [6, 6.07) is -0.0727. The Labute approximate surface area is 121 Å². The second-order valence-electron chi connectivity index (χ2n) is 7.03. The molecule has 2 N–H and O–H groups in total. The number of rotatable bonds is 4. The van der Waals surface area contributed by atoms with Crippen LogP contribution in [0.15, 0.2) is 0 Å². The monoisotopic (exact) mass is 284 g/mol. The molecule has 0 aromatic heterocycles. The number of urea groups is 1.